The molecule has 0 saturated carbocycles. The standard InChI is InChI=1S/C5H9ClGe/c1-4-5-7(2,3)6/h1H,5H2,2-3H3. The van der Waals surface area contributed by atoms with Gasteiger partial charge in [0.1, 0.15) is 0 Å². The van der Waals surface area contributed by atoms with Crippen molar-refractivity contribution < 1.29 is 0 Å². The van der Waals surface area contributed by atoms with Crippen molar-refractivity contribution in [1.29, 1.82) is 0 Å². The van der Waals surface area contributed by atoms with Gasteiger partial charge in [0, 0.05) is 0 Å². The minimum absolute atomic E-state index is 0.821. The first-order chi connectivity index (χ1) is 3.06. The average molecular weight is 177 g/mol. The third kappa shape index (κ3) is 6.39. The van der Waals surface area contributed by atoms with Gasteiger partial charge < -0.3 is 0 Å². The quantitative estimate of drug-likeness (QED) is 0.425. The fourth-order valence-corrected chi connectivity index (χ4v) is 1.66. The number of halogens is 1. The zero-order valence-electron chi connectivity index (χ0n) is 4.66. The summed E-state index contributed by atoms with van der Waals surface area (Å²) in [6, 6.07) is 0. The van der Waals surface area contributed by atoms with E-state index in [4.69, 9.17) is 16.4 Å². The first kappa shape index (κ1) is 7.39. The summed E-state index contributed by atoms with van der Waals surface area (Å²) in [7, 11) is 5.88. The van der Waals surface area contributed by atoms with Gasteiger partial charge in [-0.15, -0.1) is 0 Å². The van der Waals surface area contributed by atoms with E-state index in [-0.39, 0.29) is 0 Å². The molecule has 0 bridgehead atoms. The maximum atomic E-state index is 5.88. The molecule has 0 aliphatic heterocycles. The second-order valence-corrected chi connectivity index (χ2v) is 15.4. The summed E-state index contributed by atoms with van der Waals surface area (Å²) >= 11 is -1.84. The van der Waals surface area contributed by atoms with Gasteiger partial charge in [-0.25, -0.2) is 0 Å². The van der Waals surface area contributed by atoms with Crippen LogP contribution < -0.4 is 0 Å². The number of hydrogen-bond donors (Lipinski definition) is 0. The van der Waals surface area contributed by atoms with Crippen LogP contribution in [0.1, 0.15) is 0 Å². The van der Waals surface area contributed by atoms with Crippen molar-refractivity contribution in [2.75, 3.05) is 0 Å². The first-order valence-electron chi connectivity index (χ1n) is 2.18. The third-order valence-corrected chi connectivity index (χ3v) is 3.41. The molecule has 0 atom stereocenters. The molecule has 0 nitrogen and oxygen atoms in total. The zero-order valence-corrected chi connectivity index (χ0v) is 7.52. The van der Waals surface area contributed by atoms with Crippen LogP contribution in [0, 0.1) is 12.3 Å². The second kappa shape index (κ2) is 2.64. The molecule has 0 heterocycles. The molecule has 0 amide bonds. The topological polar surface area (TPSA) is 0 Å². The van der Waals surface area contributed by atoms with E-state index in [2.05, 4.69) is 17.4 Å². The summed E-state index contributed by atoms with van der Waals surface area (Å²) in [5, 5.41) is 0.821. The molecule has 0 aliphatic carbocycles. The predicted octanol–water partition coefficient (Wildman–Crippen LogP) is 2.06. The molecule has 0 saturated heterocycles. The summed E-state index contributed by atoms with van der Waals surface area (Å²) in [6.07, 6.45) is 5.03. The Morgan fingerprint density at radius 3 is 2.14 bits per heavy atom. The Labute approximate surface area is 51.8 Å². The molecular weight excluding hydrogens is 168 g/mol. The molecule has 0 fully saturated rings. The summed E-state index contributed by atoms with van der Waals surface area (Å²) in [4.78, 5) is 0. The molecule has 0 spiro atoms. The molecule has 0 N–H and O–H groups in total. The molecule has 2 heteroatoms. The summed E-state index contributed by atoms with van der Waals surface area (Å²) < 4.78 is 0. The molecule has 0 rings (SSSR count). The van der Waals surface area contributed by atoms with E-state index in [1.807, 2.05) is 0 Å². The van der Waals surface area contributed by atoms with E-state index >= 15 is 0 Å². The molecule has 0 unspecified atom stereocenters. The van der Waals surface area contributed by atoms with Gasteiger partial charge >= 0.3 is 51.5 Å². The maximum absolute atomic E-state index is 5.88. The van der Waals surface area contributed by atoms with Crippen molar-refractivity contribution >= 4 is 22.3 Å². The van der Waals surface area contributed by atoms with Gasteiger partial charge in [0.15, 0.2) is 0 Å². The minimum atomic E-state index is -1.84. The first-order valence-corrected chi connectivity index (χ1v) is 10.6. The van der Waals surface area contributed by atoms with Crippen molar-refractivity contribution in [1.82, 2.24) is 0 Å². The van der Waals surface area contributed by atoms with Gasteiger partial charge in [-0.05, 0) is 0 Å². The van der Waals surface area contributed by atoms with Gasteiger partial charge in [-0.1, -0.05) is 0 Å². The van der Waals surface area contributed by atoms with E-state index < -0.39 is 12.3 Å². The van der Waals surface area contributed by atoms with Crippen LogP contribution in [-0.4, -0.2) is 12.3 Å². The molecular formula is C5H9ClGe. The Morgan fingerprint density at radius 2 is 2.14 bits per heavy atom. The number of rotatable bonds is 1. The van der Waals surface area contributed by atoms with Gasteiger partial charge in [-0.3, -0.25) is 0 Å². The van der Waals surface area contributed by atoms with Crippen LogP contribution in [0.25, 0.3) is 0 Å². The van der Waals surface area contributed by atoms with Crippen LogP contribution in [0.2, 0.25) is 16.8 Å². The number of hydrogen-bond acceptors (Lipinski definition) is 0. The van der Waals surface area contributed by atoms with E-state index in [0.29, 0.717) is 0 Å². The number of terminal acetylenes is 1. The third-order valence-electron chi connectivity index (χ3n) is 0.522. The van der Waals surface area contributed by atoms with Crippen LogP contribution in [0.5, 0.6) is 0 Å². The van der Waals surface area contributed by atoms with Gasteiger partial charge in [0.2, 0.25) is 0 Å². The molecule has 0 radical (unpaired) electrons. The summed E-state index contributed by atoms with van der Waals surface area (Å²) in [5.74, 6) is 6.73. The van der Waals surface area contributed by atoms with E-state index in [1.165, 1.54) is 0 Å². The monoisotopic (exact) mass is 178 g/mol. The van der Waals surface area contributed by atoms with Crippen LogP contribution in [-0.2, 0) is 0 Å². The van der Waals surface area contributed by atoms with Crippen molar-refractivity contribution in [3.8, 4) is 12.3 Å². The van der Waals surface area contributed by atoms with Crippen LogP contribution in [0.4, 0.5) is 0 Å². The van der Waals surface area contributed by atoms with Gasteiger partial charge in [0.25, 0.3) is 0 Å². The Morgan fingerprint density at radius 1 is 1.71 bits per heavy atom. The molecule has 0 aromatic rings. The normalized spacial score (nSPS) is 10.6. The Kier molecular flexibility index (Phi) is 2.79. The second-order valence-electron chi connectivity index (χ2n) is 2.10. The van der Waals surface area contributed by atoms with Crippen molar-refractivity contribution in [3.63, 3.8) is 0 Å². The molecule has 0 aliphatic rings. The Bertz CT molecular complexity index is 85.2. The molecule has 40 valence electrons. The fraction of sp³-hybridized carbons (Fsp3) is 0.600. The van der Waals surface area contributed by atoms with Crippen molar-refractivity contribution in [2.24, 2.45) is 0 Å². The average Bonchev–Trinajstić information content (AvgIpc) is 1.30. The zero-order chi connectivity index (χ0) is 5.91. The molecule has 7 heavy (non-hydrogen) atoms. The summed E-state index contributed by atoms with van der Waals surface area (Å²) in [6.45, 7) is 0. The van der Waals surface area contributed by atoms with Crippen LogP contribution in [0.15, 0.2) is 0 Å². The van der Waals surface area contributed by atoms with Gasteiger partial charge in [0.05, 0.1) is 0 Å². The Balaban J connectivity index is 3.40. The molecule has 0 aromatic heterocycles. The van der Waals surface area contributed by atoms with E-state index in [0.717, 1.165) is 5.25 Å². The molecule has 0 aromatic carbocycles. The van der Waals surface area contributed by atoms with Crippen molar-refractivity contribution in [2.45, 2.75) is 16.8 Å². The van der Waals surface area contributed by atoms with Gasteiger partial charge in [-0.2, -0.15) is 0 Å². The van der Waals surface area contributed by atoms with Crippen molar-refractivity contribution in [3.05, 3.63) is 0 Å². The van der Waals surface area contributed by atoms with E-state index in [1.54, 1.807) is 0 Å². The Hall–Kier alpha value is 0.393. The fourth-order valence-electron chi connectivity index (χ4n) is 0.243. The predicted molar refractivity (Wildman–Crippen MR) is 37.0 cm³/mol. The van der Waals surface area contributed by atoms with Crippen LogP contribution in [0.3, 0.4) is 0 Å². The van der Waals surface area contributed by atoms with Crippen LogP contribution >= 0.6 is 10.0 Å². The SMILES string of the molecule is C#C[CH2][Ge]([CH3])([CH3])[Cl]. The van der Waals surface area contributed by atoms with E-state index in [9.17, 15) is 0 Å². The summed E-state index contributed by atoms with van der Waals surface area (Å²) in [5.41, 5.74) is 0.